The molecule has 124 valence electrons. The van der Waals surface area contributed by atoms with Gasteiger partial charge in [0.25, 0.3) is 5.91 Å². The van der Waals surface area contributed by atoms with Crippen LogP contribution in [-0.4, -0.2) is 16.8 Å². The molecule has 0 spiro atoms. The molecule has 0 bridgehead atoms. The number of aromatic nitrogens is 1. The van der Waals surface area contributed by atoms with Crippen molar-refractivity contribution < 1.29 is 14.0 Å². The zero-order chi connectivity index (χ0) is 17.3. The van der Waals surface area contributed by atoms with Gasteiger partial charge < -0.3 is 10.6 Å². The summed E-state index contributed by atoms with van der Waals surface area (Å²) >= 11 is 0. The molecule has 0 unspecified atom stereocenters. The summed E-state index contributed by atoms with van der Waals surface area (Å²) in [5, 5.41) is 5.35. The maximum absolute atomic E-state index is 14.6. The smallest absolute Gasteiger partial charge is 0.256 e. The molecule has 0 radical (unpaired) electrons. The van der Waals surface area contributed by atoms with Gasteiger partial charge in [-0.2, -0.15) is 0 Å². The molecule has 2 aromatic rings. The van der Waals surface area contributed by atoms with E-state index >= 15 is 0 Å². The number of hydrogen-bond donors (Lipinski definition) is 2. The molecule has 0 atom stereocenters. The maximum Gasteiger partial charge on any atom is 0.256 e. The maximum atomic E-state index is 14.6. The number of aryl methyl sites for hydroxylation is 2. The average Bonchev–Trinajstić information content (AvgIpc) is 2.60. The summed E-state index contributed by atoms with van der Waals surface area (Å²) in [5.41, 5.74) is 3.09. The minimum absolute atomic E-state index is 0.119. The van der Waals surface area contributed by atoms with Gasteiger partial charge in [0.15, 0.2) is 5.82 Å². The Morgan fingerprint density at radius 2 is 2.21 bits per heavy atom. The number of nitrogens with zero attached hydrogens (tertiary/aromatic N) is 1. The van der Waals surface area contributed by atoms with Crippen LogP contribution in [0.25, 0.3) is 0 Å². The summed E-state index contributed by atoms with van der Waals surface area (Å²) in [7, 11) is 0. The van der Waals surface area contributed by atoms with Crippen LogP contribution in [0.1, 0.15) is 40.4 Å². The molecule has 2 N–H and O–H groups in total. The number of pyridine rings is 1. The fraction of sp³-hybridized carbons (Fsp3) is 0.278. The Kier molecular flexibility index (Phi) is 4.29. The number of halogens is 1. The third-order valence-corrected chi connectivity index (χ3v) is 4.24. The van der Waals surface area contributed by atoms with Gasteiger partial charge in [0.05, 0.1) is 5.69 Å². The summed E-state index contributed by atoms with van der Waals surface area (Å²) in [5.74, 6) is -1.02. The highest BCUT2D eigenvalue weighted by Crippen LogP contribution is 2.33. The second-order valence-electron chi connectivity index (χ2n) is 5.79. The topological polar surface area (TPSA) is 71.1 Å². The summed E-state index contributed by atoms with van der Waals surface area (Å²) in [6, 6.07) is 3.22. The molecular formula is C18H18FN3O2. The molecule has 24 heavy (non-hydrogen) atoms. The number of fused-ring (bicyclic) bond motifs is 1. The molecule has 3 rings (SSSR count). The van der Waals surface area contributed by atoms with Gasteiger partial charge in [0.2, 0.25) is 5.91 Å². The summed E-state index contributed by atoms with van der Waals surface area (Å²) in [6.45, 7) is 3.53. The van der Waals surface area contributed by atoms with E-state index in [4.69, 9.17) is 0 Å². The number of amides is 2. The van der Waals surface area contributed by atoms with Crippen LogP contribution < -0.4 is 10.6 Å². The number of carbonyl (C=O) groups is 2. The monoisotopic (exact) mass is 327 g/mol. The van der Waals surface area contributed by atoms with Gasteiger partial charge in [0, 0.05) is 35.6 Å². The lowest BCUT2D eigenvalue weighted by Crippen LogP contribution is -2.22. The van der Waals surface area contributed by atoms with Gasteiger partial charge >= 0.3 is 0 Å². The van der Waals surface area contributed by atoms with Crippen molar-refractivity contribution in [3.63, 3.8) is 0 Å². The molecule has 2 amide bonds. The lowest BCUT2D eigenvalue weighted by atomic mass is 9.98. The molecule has 0 aliphatic carbocycles. The molecule has 2 heterocycles. The van der Waals surface area contributed by atoms with Gasteiger partial charge in [0.1, 0.15) is 0 Å². The van der Waals surface area contributed by atoms with E-state index in [9.17, 15) is 14.0 Å². The highest BCUT2D eigenvalue weighted by Gasteiger charge is 2.22. The van der Waals surface area contributed by atoms with E-state index in [1.807, 2.05) is 6.92 Å². The highest BCUT2D eigenvalue weighted by molar-refractivity contribution is 6.06. The van der Waals surface area contributed by atoms with Gasteiger partial charge in [-0.15, -0.1) is 0 Å². The molecule has 0 saturated carbocycles. The fourth-order valence-corrected chi connectivity index (χ4v) is 2.89. The van der Waals surface area contributed by atoms with Crippen LogP contribution in [0.2, 0.25) is 0 Å². The second-order valence-corrected chi connectivity index (χ2v) is 5.79. The minimum atomic E-state index is -0.531. The van der Waals surface area contributed by atoms with Gasteiger partial charge in [-0.05, 0) is 43.0 Å². The third kappa shape index (κ3) is 2.87. The molecular weight excluding hydrogens is 309 g/mol. The van der Waals surface area contributed by atoms with Crippen molar-refractivity contribution in [2.75, 3.05) is 10.6 Å². The quantitative estimate of drug-likeness (QED) is 0.909. The van der Waals surface area contributed by atoms with Crippen molar-refractivity contribution in [2.45, 2.75) is 33.1 Å². The van der Waals surface area contributed by atoms with Crippen molar-refractivity contribution in [3.05, 3.63) is 52.6 Å². The lowest BCUT2D eigenvalue weighted by molar-refractivity contribution is -0.116. The largest absolute Gasteiger partial charge is 0.325 e. The first-order valence-corrected chi connectivity index (χ1v) is 7.87. The Hall–Kier alpha value is -2.76. The van der Waals surface area contributed by atoms with Crippen molar-refractivity contribution in [2.24, 2.45) is 0 Å². The second kappa shape index (κ2) is 6.39. The number of anilines is 2. The molecule has 6 heteroatoms. The number of carbonyl (C=O) groups excluding carboxylic acids is 2. The van der Waals surface area contributed by atoms with Crippen LogP contribution in [0, 0.1) is 12.7 Å². The number of nitrogens with one attached hydrogen (secondary N) is 2. The van der Waals surface area contributed by atoms with E-state index in [1.54, 1.807) is 25.3 Å². The molecule has 1 aliphatic heterocycles. The molecule has 5 nitrogen and oxygen atoms in total. The van der Waals surface area contributed by atoms with E-state index in [2.05, 4.69) is 15.6 Å². The minimum Gasteiger partial charge on any atom is -0.325 e. The van der Waals surface area contributed by atoms with Crippen LogP contribution in [-0.2, 0) is 17.6 Å². The van der Waals surface area contributed by atoms with E-state index < -0.39 is 5.82 Å². The first kappa shape index (κ1) is 16.1. The van der Waals surface area contributed by atoms with E-state index in [-0.39, 0.29) is 17.5 Å². The predicted octanol–water partition coefficient (Wildman–Crippen LogP) is 3.23. The molecule has 1 aromatic heterocycles. The first-order valence-electron chi connectivity index (χ1n) is 7.87. The van der Waals surface area contributed by atoms with Crippen molar-refractivity contribution in [3.8, 4) is 0 Å². The number of hydrogen-bond acceptors (Lipinski definition) is 3. The molecule has 0 fully saturated rings. The van der Waals surface area contributed by atoms with Crippen LogP contribution in [0.5, 0.6) is 0 Å². The fourth-order valence-electron chi connectivity index (χ4n) is 2.89. The zero-order valence-electron chi connectivity index (χ0n) is 13.6. The zero-order valence-corrected chi connectivity index (χ0v) is 13.6. The highest BCUT2D eigenvalue weighted by atomic mass is 19.1. The molecule has 1 aliphatic rings. The van der Waals surface area contributed by atoms with Crippen molar-refractivity contribution >= 4 is 23.2 Å². The van der Waals surface area contributed by atoms with Crippen molar-refractivity contribution in [1.29, 1.82) is 0 Å². The van der Waals surface area contributed by atoms with Crippen LogP contribution in [0.15, 0.2) is 24.5 Å². The average molecular weight is 327 g/mol. The first-order chi connectivity index (χ1) is 11.5. The Bertz CT molecular complexity index is 833. The van der Waals surface area contributed by atoms with Crippen LogP contribution in [0.4, 0.5) is 15.8 Å². The van der Waals surface area contributed by atoms with Gasteiger partial charge in [-0.25, -0.2) is 4.39 Å². The van der Waals surface area contributed by atoms with Gasteiger partial charge in [-0.1, -0.05) is 6.92 Å². The number of benzene rings is 1. The summed E-state index contributed by atoms with van der Waals surface area (Å²) < 4.78 is 14.6. The van der Waals surface area contributed by atoms with Crippen molar-refractivity contribution in [1.82, 2.24) is 4.98 Å². The Morgan fingerprint density at radius 3 is 2.96 bits per heavy atom. The number of rotatable bonds is 3. The predicted molar refractivity (Wildman–Crippen MR) is 89.7 cm³/mol. The molecule has 0 saturated heterocycles. The normalized spacial score (nSPS) is 13.2. The van der Waals surface area contributed by atoms with E-state index in [0.717, 1.165) is 11.1 Å². The Labute approximate surface area is 139 Å². The van der Waals surface area contributed by atoms with E-state index in [1.165, 1.54) is 6.20 Å². The Morgan fingerprint density at radius 1 is 1.42 bits per heavy atom. The summed E-state index contributed by atoms with van der Waals surface area (Å²) in [4.78, 5) is 28.0. The van der Waals surface area contributed by atoms with E-state index in [0.29, 0.717) is 36.1 Å². The van der Waals surface area contributed by atoms with Gasteiger partial charge in [-0.3, -0.25) is 14.6 Å². The van der Waals surface area contributed by atoms with Crippen LogP contribution >= 0.6 is 0 Å². The summed E-state index contributed by atoms with van der Waals surface area (Å²) in [6.07, 6.45) is 4.72. The van der Waals surface area contributed by atoms with Crippen LogP contribution in [0.3, 0.4) is 0 Å². The molecule has 1 aromatic carbocycles. The lowest BCUT2D eigenvalue weighted by Gasteiger charge is -2.21. The standard InChI is InChI=1S/C18H18FN3O2/c1-3-11-9-20-7-6-13(11)18(24)21-14-8-12-4-5-15(23)22-17(12)10(2)16(14)19/h6-9H,3-5H2,1-2H3,(H,21,24)(H,22,23). The third-order valence-electron chi connectivity index (χ3n) is 4.24. The SMILES string of the molecule is CCc1cnccc1C(=O)Nc1cc2c(c(C)c1F)NC(=O)CC2. The Balaban J connectivity index is 1.95.